The largest absolute Gasteiger partial charge is 0.477 e. The molecule has 0 saturated heterocycles. The van der Waals surface area contributed by atoms with Gasteiger partial charge in [0.05, 0.1) is 5.69 Å². The van der Waals surface area contributed by atoms with Crippen LogP contribution in [-0.2, 0) is 4.79 Å². The zero-order chi connectivity index (χ0) is 16.5. The van der Waals surface area contributed by atoms with Crippen molar-refractivity contribution < 1.29 is 9.90 Å². The van der Waals surface area contributed by atoms with Gasteiger partial charge in [-0.25, -0.2) is 9.48 Å². The van der Waals surface area contributed by atoms with Crippen molar-refractivity contribution in [3.8, 4) is 11.4 Å². The summed E-state index contributed by atoms with van der Waals surface area (Å²) in [4.78, 5) is 20.2. The molecule has 7 heteroatoms. The molecule has 0 radical (unpaired) electrons. The van der Waals surface area contributed by atoms with Gasteiger partial charge >= 0.3 is 5.97 Å². The summed E-state index contributed by atoms with van der Waals surface area (Å²) in [6.07, 6.45) is 3.25. The van der Waals surface area contributed by atoms with Crippen LogP contribution in [0, 0.1) is 0 Å². The Morgan fingerprint density at radius 2 is 1.92 bits per heavy atom. The zero-order valence-electron chi connectivity index (χ0n) is 12.5. The summed E-state index contributed by atoms with van der Waals surface area (Å²) < 4.78 is 1.65. The molecule has 1 atom stereocenters. The number of hydrogen-bond acceptors (Lipinski definition) is 5. The summed E-state index contributed by atoms with van der Waals surface area (Å²) in [5, 5.41) is 16.7. The molecule has 3 heterocycles. The number of anilines is 1. The van der Waals surface area contributed by atoms with Crippen molar-refractivity contribution in [3.63, 3.8) is 0 Å². The van der Waals surface area contributed by atoms with Gasteiger partial charge in [-0.05, 0) is 18.2 Å². The first-order valence-corrected chi connectivity index (χ1v) is 7.37. The number of hydrogen-bond donors (Lipinski definition) is 2. The number of carboxylic acid groups (broad SMARTS) is 1. The summed E-state index contributed by atoms with van der Waals surface area (Å²) in [7, 11) is 0. The molecule has 0 spiro atoms. The number of allylic oxidation sites excluding steroid dienone is 1. The molecule has 7 nitrogen and oxygen atoms in total. The van der Waals surface area contributed by atoms with Crippen LogP contribution in [0.3, 0.4) is 0 Å². The lowest BCUT2D eigenvalue weighted by Gasteiger charge is -2.21. The second-order valence-corrected chi connectivity index (χ2v) is 5.28. The van der Waals surface area contributed by atoms with E-state index in [9.17, 15) is 9.90 Å². The Morgan fingerprint density at radius 1 is 1.12 bits per heavy atom. The standard InChI is InChI=1S/C17H13N5O2/c23-16(24)13-10-14(12-8-4-5-9-18-12)22-17(19-13)20-15(21-22)11-6-2-1-3-7-11/h1-10,14H,(H,23,24)(H,19,20,21)/t14-/m0/s1. The zero-order valence-corrected chi connectivity index (χ0v) is 12.5. The monoisotopic (exact) mass is 319 g/mol. The molecule has 0 unspecified atom stereocenters. The maximum absolute atomic E-state index is 11.4. The molecule has 2 N–H and O–H groups in total. The Hall–Kier alpha value is -3.48. The average molecular weight is 319 g/mol. The van der Waals surface area contributed by atoms with Gasteiger partial charge in [-0.15, -0.1) is 5.10 Å². The molecule has 0 bridgehead atoms. The van der Waals surface area contributed by atoms with E-state index in [1.165, 1.54) is 0 Å². The number of aliphatic carboxylic acids is 1. The SMILES string of the molecule is O=C(O)C1=C[C@@H](c2ccccn2)n2nc(-c3ccccc3)nc2N1. The summed E-state index contributed by atoms with van der Waals surface area (Å²) in [5.74, 6) is -0.144. The quantitative estimate of drug-likeness (QED) is 0.769. The van der Waals surface area contributed by atoms with Crippen molar-refractivity contribution in [1.29, 1.82) is 0 Å². The highest BCUT2D eigenvalue weighted by molar-refractivity contribution is 5.90. The predicted octanol–water partition coefficient (Wildman–Crippen LogP) is 2.32. The highest BCUT2D eigenvalue weighted by Gasteiger charge is 2.28. The van der Waals surface area contributed by atoms with E-state index >= 15 is 0 Å². The van der Waals surface area contributed by atoms with Crippen LogP contribution in [0.4, 0.5) is 5.95 Å². The van der Waals surface area contributed by atoms with Crippen molar-refractivity contribution in [1.82, 2.24) is 19.7 Å². The van der Waals surface area contributed by atoms with Crippen molar-refractivity contribution >= 4 is 11.9 Å². The van der Waals surface area contributed by atoms with Gasteiger partial charge in [0.2, 0.25) is 5.95 Å². The third-order valence-electron chi connectivity index (χ3n) is 3.72. The van der Waals surface area contributed by atoms with Gasteiger partial charge in [0.1, 0.15) is 11.7 Å². The van der Waals surface area contributed by atoms with Gasteiger partial charge < -0.3 is 10.4 Å². The number of fused-ring (bicyclic) bond motifs is 1. The summed E-state index contributed by atoms with van der Waals surface area (Å²) in [5.41, 5.74) is 1.62. The fourth-order valence-corrected chi connectivity index (χ4v) is 2.59. The molecule has 118 valence electrons. The van der Waals surface area contributed by atoms with E-state index in [0.29, 0.717) is 17.5 Å². The minimum atomic E-state index is -1.05. The Kier molecular flexibility index (Phi) is 3.31. The minimum Gasteiger partial charge on any atom is -0.477 e. The molecule has 1 aromatic carbocycles. The van der Waals surface area contributed by atoms with Crippen LogP contribution >= 0.6 is 0 Å². The first-order valence-electron chi connectivity index (χ1n) is 7.37. The molecule has 2 aromatic heterocycles. The van der Waals surface area contributed by atoms with Gasteiger partial charge in [0, 0.05) is 11.8 Å². The van der Waals surface area contributed by atoms with Crippen LogP contribution in [0.15, 0.2) is 66.5 Å². The van der Waals surface area contributed by atoms with Crippen LogP contribution in [0.5, 0.6) is 0 Å². The molecule has 0 fully saturated rings. The third kappa shape index (κ3) is 2.41. The highest BCUT2D eigenvalue weighted by atomic mass is 16.4. The Labute approximate surface area is 137 Å². The smallest absolute Gasteiger partial charge is 0.352 e. The van der Waals surface area contributed by atoms with E-state index in [1.807, 2.05) is 48.5 Å². The fourth-order valence-electron chi connectivity index (χ4n) is 2.59. The number of nitrogens with one attached hydrogen (secondary N) is 1. The molecule has 0 aliphatic carbocycles. The fraction of sp³-hybridized carbons (Fsp3) is 0.0588. The third-order valence-corrected chi connectivity index (χ3v) is 3.72. The Morgan fingerprint density at radius 3 is 2.62 bits per heavy atom. The average Bonchev–Trinajstić information content (AvgIpc) is 3.06. The summed E-state index contributed by atoms with van der Waals surface area (Å²) in [6, 6.07) is 14.6. The van der Waals surface area contributed by atoms with Crippen molar-refractivity contribution in [2.24, 2.45) is 0 Å². The molecule has 3 aromatic rings. The molecular formula is C17H13N5O2. The Bertz CT molecular complexity index is 919. The number of nitrogens with zero attached hydrogens (tertiary/aromatic N) is 4. The summed E-state index contributed by atoms with van der Waals surface area (Å²) in [6.45, 7) is 0. The van der Waals surface area contributed by atoms with Crippen molar-refractivity contribution in [2.75, 3.05) is 5.32 Å². The van der Waals surface area contributed by atoms with Gasteiger partial charge in [-0.1, -0.05) is 36.4 Å². The maximum atomic E-state index is 11.4. The van der Waals surface area contributed by atoms with Crippen LogP contribution in [-0.4, -0.2) is 30.8 Å². The number of carboxylic acids is 1. The molecular weight excluding hydrogens is 306 g/mol. The predicted molar refractivity (Wildman–Crippen MR) is 87.2 cm³/mol. The number of benzene rings is 1. The lowest BCUT2D eigenvalue weighted by Crippen LogP contribution is -2.24. The second-order valence-electron chi connectivity index (χ2n) is 5.28. The second kappa shape index (κ2) is 5.62. The molecule has 4 rings (SSSR count). The normalized spacial score (nSPS) is 16.0. The van der Waals surface area contributed by atoms with Crippen molar-refractivity contribution in [2.45, 2.75) is 6.04 Å². The first-order chi connectivity index (χ1) is 11.7. The van der Waals surface area contributed by atoms with E-state index in [0.717, 1.165) is 5.56 Å². The Balaban J connectivity index is 1.83. The van der Waals surface area contributed by atoms with E-state index in [-0.39, 0.29) is 5.70 Å². The first kappa shape index (κ1) is 14.1. The van der Waals surface area contributed by atoms with E-state index in [1.54, 1.807) is 17.0 Å². The number of carbonyl (C=O) groups is 1. The highest BCUT2D eigenvalue weighted by Crippen LogP contribution is 2.29. The van der Waals surface area contributed by atoms with E-state index in [4.69, 9.17) is 0 Å². The van der Waals surface area contributed by atoms with E-state index in [2.05, 4.69) is 20.4 Å². The minimum absolute atomic E-state index is 0.0603. The molecule has 0 saturated carbocycles. The lowest BCUT2D eigenvalue weighted by atomic mass is 10.1. The lowest BCUT2D eigenvalue weighted by molar-refractivity contribution is -0.132. The van der Waals surface area contributed by atoms with Gasteiger partial charge in [0.15, 0.2) is 5.82 Å². The van der Waals surface area contributed by atoms with Crippen LogP contribution in [0.1, 0.15) is 11.7 Å². The van der Waals surface area contributed by atoms with Crippen LogP contribution in [0.2, 0.25) is 0 Å². The van der Waals surface area contributed by atoms with Gasteiger partial charge in [0.25, 0.3) is 0 Å². The van der Waals surface area contributed by atoms with Crippen LogP contribution in [0.25, 0.3) is 11.4 Å². The topological polar surface area (TPSA) is 92.9 Å². The van der Waals surface area contributed by atoms with Crippen molar-refractivity contribution in [3.05, 3.63) is 72.2 Å². The molecule has 0 amide bonds. The van der Waals surface area contributed by atoms with Gasteiger partial charge in [-0.2, -0.15) is 4.98 Å². The van der Waals surface area contributed by atoms with Gasteiger partial charge in [-0.3, -0.25) is 4.98 Å². The number of aromatic nitrogens is 4. The summed E-state index contributed by atoms with van der Waals surface area (Å²) >= 11 is 0. The number of pyridine rings is 1. The molecule has 1 aliphatic heterocycles. The molecule has 24 heavy (non-hydrogen) atoms. The maximum Gasteiger partial charge on any atom is 0.352 e. The van der Waals surface area contributed by atoms with Crippen LogP contribution < -0.4 is 5.32 Å². The van der Waals surface area contributed by atoms with E-state index < -0.39 is 12.0 Å². The number of rotatable bonds is 3. The molecule has 1 aliphatic rings.